The number of nitrogens with zero attached hydrogens (tertiary/aromatic N) is 5. The molecule has 2 aromatic heterocycles. The third kappa shape index (κ3) is 3.52. The molecule has 1 unspecified atom stereocenters. The summed E-state index contributed by atoms with van der Waals surface area (Å²) in [6, 6.07) is 14.4. The van der Waals surface area contributed by atoms with Crippen molar-refractivity contribution < 1.29 is 9.47 Å². The molecular formula is C24H24ClN5O2. The first kappa shape index (κ1) is 20.6. The molecule has 5 rings (SSSR count). The van der Waals surface area contributed by atoms with E-state index in [9.17, 15) is 0 Å². The third-order valence-electron chi connectivity index (χ3n) is 6.09. The highest BCUT2D eigenvalue weighted by atomic mass is 35.5. The van der Waals surface area contributed by atoms with E-state index in [1.165, 1.54) is 16.7 Å². The average Bonchev–Trinajstić information content (AvgIpc) is 3.26. The molecule has 1 aliphatic heterocycles. The number of hydrogen-bond donors (Lipinski definition) is 0. The van der Waals surface area contributed by atoms with Crippen LogP contribution >= 0.6 is 11.6 Å². The van der Waals surface area contributed by atoms with Gasteiger partial charge in [-0.05, 0) is 53.8 Å². The standard InChI is InChI=1S/C24H24ClN5O2/c1-15(16-7-5-4-6-8-16)30-14-26-21-22(27-24(25)28-23(21)30)29-10-9-17-11-19(31-2)20(32-3)12-18(17)13-29/h4-8,11-12,14-15H,9-10,13H2,1-3H3. The number of halogens is 1. The predicted molar refractivity (Wildman–Crippen MR) is 125 cm³/mol. The van der Waals surface area contributed by atoms with E-state index in [4.69, 9.17) is 26.1 Å². The Bertz CT molecular complexity index is 1270. The van der Waals surface area contributed by atoms with Gasteiger partial charge < -0.3 is 18.9 Å². The van der Waals surface area contributed by atoms with Crippen molar-refractivity contribution in [2.45, 2.75) is 25.9 Å². The van der Waals surface area contributed by atoms with Crippen molar-refractivity contribution in [3.05, 3.63) is 70.8 Å². The largest absolute Gasteiger partial charge is 0.493 e. The van der Waals surface area contributed by atoms with Gasteiger partial charge in [0, 0.05) is 13.1 Å². The van der Waals surface area contributed by atoms with Gasteiger partial charge in [0.1, 0.15) is 0 Å². The highest BCUT2D eigenvalue weighted by Gasteiger charge is 2.25. The van der Waals surface area contributed by atoms with Gasteiger partial charge in [0.05, 0.1) is 26.6 Å². The molecule has 32 heavy (non-hydrogen) atoms. The Kier molecular flexibility index (Phi) is 5.35. The van der Waals surface area contributed by atoms with Crippen molar-refractivity contribution in [2.75, 3.05) is 25.7 Å². The zero-order chi connectivity index (χ0) is 22.2. The third-order valence-corrected chi connectivity index (χ3v) is 6.26. The van der Waals surface area contributed by atoms with Gasteiger partial charge in [-0.2, -0.15) is 9.97 Å². The second-order valence-electron chi connectivity index (χ2n) is 7.87. The van der Waals surface area contributed by atoms with Crippen LogP contribution in [0.2, 0.25) is 5.28 Å². The maximum absolute atomic E-state index is 6.38. The van der Waals surface area contributed by atoms with Crippen molar-refractivity contribution in [1.29, 1.82) is 0 Å². The molecule has 8 heteroatoms. The van der Waals surface area contributed by atoms with E-state index in [1.807, 2.05) is 35.2 Å². The van der Waals surface area contributed by atoms with E-state index in [0.717, 1.165) is 41.4 Å². The number of fused-ring (bicyclic) bond motifs is 2. The molecule has 0 fully saturated rings. The number of methoxy groups -OCH3 is 2. The number of aromatic nitrogens is 4. The minimum absolute atomic E-state index is 0.0684. The average molecular weight is 450 g/mol. The molecular weight excluding hydrogens is 426 g/mol. The number of anilines is 1. The molecule has 0 spiro atoms. The van der Waals surface area contributed by atoms with Gasteiger partial charge in [-0.15, -0.1) is 0 Å². The van der Waals surface area contributed by atoms with E-state index in [0.29, 0.717) is 6.54 Å². The fourth-order valence-corrected chi connectivity index (χ4v) is 4.50. The Labute approximate surface area is 191 Å². The van der Waals surface area contributed by atoms with E-state index in [1.54, 1.807) is 14.2 Å². The van der Waals surface area contributed by atoms with Crippen LogP contribution in [0.25, 0.3) is 11.2 Å². The Morgan fingerprint density at radius 3 is 2.44 bits per heavy atom. The van der Waals surface area contributed by atoms with Crippen LogP contribution < -0.4 is 14.4 Å². The molecule has 3 heterocycles. The molecule has 0 saturated carbocycles. The molecule has 0 amide bonds. The van der Waals surface area contributed by atoms with Crippen LogP contribution in [-0.4, -0.2) is 40.3 Å². The van der Waals surface area contributed by atoms with E-state index >= 15 is 0 Å². The normalized spacial score (nSPS) is 14.3. The van der Waals surface area contributed by atoms with E-state index < -0.39 is 0 Å². The summed E-state index contributed by atoms with van der Waals surface area (Å²) >= 11 is 6.38. The summed E-state index contributed by atoms with van der Waals surface area (Å²) in [7, 11) is 3.31. The zero-order valence-corrected chi connectivity index (χ0v) is 19.0. The van der Waals surface area contributed by atoms with Crippen LogP contribution in [-0.2, 0) is 13.0 Å². The number of rotatable bonds is 5. The molecule has 0 radical (unpaired) electrons. The lowest BCUT2D eigenvalue weighted by atomic mass is 9.98. The van der Waals surface area contributed by atoms with E-state index in [-0.39, 0.29) is 11.3 Å². The fourth-order valence-electron chi connectivity index (χ4n) is 4.34. The minimum atomic E-state index is 0.0684. The predicted octanol–water partition coefficient (Wildman–Crippen LogP) is 4.67. The maximum atomic E-state index is 6.38. The highest BCUT2D eigenvalue weighted by Crippen LogP contribution is 2.36. The van der Waals surface area contributed by atoms with Crippen molar-refractivity contribution in [2.24, 2.45) is 0 Å². The second kappa shape index (κ2) is 8.31. The molecule has 1 aliphatic rings. The van der Waals surface area contributed by atoms with Crippen LogP contribution in [0, 0.1) is 0 Å². The first-order valence-electron chi connectivity index (χ1n) is 10.5. The van der Waals surface area contributed by atoms with Gasteiger partial charge in [0.15, 0.2) is 28.5 Å². The minimum Gasteiger partial charge on any atom is -0.493 e. The molecule has 0 N–H and O–H groups in total. The molecule has 0 aliphatic carbocycles. The number of benzene rings is 2. The highest BCUT2D eigenvalue weighted by molar-refractivity contribution is 6.28. The van der Waals surface area contributed by atoms with Crippen molar-refractivity contribution in [3.8, 4) is 11.5 Å². The first-order valence-corrected chi connectivity index (χ1v) is 10.9. The van der Waals surface area contributed by atoms with Crippen molar-refractivity contribution in [1.82, 2.24) is 19.5 Å². The van der Waals surface area contributed by atoms with Crippen LogP contribution in [0.3, 0.4) is 0 Å². The summed E-state index contributed by atoms with van der Waals surface area (Å²) in [5.74, 6) is 2.22. The quantitative estimate of drug-likeness (QED) is 0.412. The summed E-state index contributed by atoms with van der Waals surface area (Å²) in [5, 5.41) is 0.215. The molecule has 7 nitrogen and oxygen atoms in total. The smallest absolute Gasteiger partial charge is 0.226 e. The van der Waals surface area contributed by atoms with Gasteiger partial charge in [-0.1, -0.05) is 30.3 Å². The molecule has 2 aromatic carbocycles. The lowest BCUT2D eigenvalue weighted by Crippen LogP contribution is -2.31. The van der Waals surface area contributed by atoms with Gasteiger partial charge in [0.2, 0.25) is 5.28 Å². The number of imidazole rings is 1. The SMILES string of the molecule is COc1cc2c(cc1OC)CN(c1nc(Cl)nc3c1ncn3C(C)c1ccccc1)CC2. The van der Waals surface area contributed by atoms with E-state index in [2.05, 4.69) is 40.0 Å². The summed E-state index contributed by atoms with van der Waals surface area (Å²) in [5.41, 5.74) is 5.08. The number of hydrogen-bond acceptors (Lipinski definition) is 6. The molecule has 4 aromatic rings. The number of ether oxygens (including phenoxy) is 2. The summed E-state index contributed by atoms with van der Waals surface area (Å²) in [6.45, 7) is 3.61. The van der Waals surface area contributed by atoms with Gasteiger partial charge >= 0.3 is 0 Å². The molecule has 0 saturated heterocycles. The first-order chi connectivity index (χ1) is 15.6. The van der Waals surface area contributed by atoms with Gasteiger partial charge in [-0.25, -0.2) is 4.98 Å². The Morgan fingerprint density at radius 2 is 1.72 bits per heavy atom. The molecule has 164 valence electrons. The maximum Gasteiger partial charge on any atom is 0.226 e. The lowest BCUT2D eigenvalue weighted by Gasteiger charge is -2.30. The summed E-state index contributed by atoms with van der Waals surface area (Å²) in [6.07, 6.45) is 2.68. The second-order valence-corrected chi connectivity index (χ2v) is 8.21. The van der Waals surface area contributed by atoms with Crippen LogP contribution in [0.5, 0.6) is 11.5 Å². The Morgan fingerprint density at radius 1 is 1.00 bits per heavy atom. The van der Waals surface area contributed by atoms with Crippen LogP contribution in [0.1, 0.15) is 29.7 Å². The summed E-state index contributed by atoms with van der Waals surface area (Å²) < 4.78 is 13.0. The Hall–Kier alpha value is -3.32. The van der Waals surface area contributed by atoms with Crippen molar-refractivity contribution in [3.63, 3.8) is 0 Å². The van der Waals surface area contributed by atoms with Gasteiger partial charge in [0.25, 0.3) is 0 Å². The van der Waals surface area contributed by atoms with Crippen LogP contribution in [0.4, 0.5) is 5.82 Å². The monoisotopic (exact) mass is 449 g/mol. The Balaban J connectivity index is 1.54. The topological polar surface area (TPSA) is 65.3 Å². The van der Waals surface area contributed by atoms with Crippen molar-refractivity contribution >= 4 is 28.6 Å². The fraction of sp³-hybridized carbons (Fsp3) is 0.292. The summed E-state index contributed by atoms with van der Waals surface area (Å²) in [4.78, 5) is 16.0. The van der Waals surface area contributed by atoms with Crippen LogP contribution in [0.15, 0.2) is 48.8 Å². The molecule has 0 bridgehead atoms. The molecule has 1 atom stereocenters. The zero-order valence-electron chi connectivity index (χ0n) is 18.2. The lowest BCUT2D eigenvalue weighted by molar-refractivity contribution is 0.353. The van der Waals surface area contributed by atoms with Gasteiger partial charge in [-0.3, -0.25) is 0 Å².